The zero-order chi connectivity index (χ0) is 21.1. The molecule has 0 atom stereocenters. The van der Waals surface area contributed by atoms with Gasteiger partial charge in [0, 0.05) is 43.0 Å². The summed E-state index contributed by atoms with van der Waals surface area (Å²) >= 11 is 0. The van der Waals surface area contributed by atoms with Crippen molar-refractivity contribution in [3.8, 4) is 5.75 Å². The number of hydrogen-bond donors (Lipinski definition) is 1. The molecule has 0 aromatic carbocycles. The number of aromatic amines is 1. The van der Waals surface area contributed by atoms with Crippen LogP contribution in [-0.2, 0) is 25.4 Å². The Morgan fingerprint density at radius 1 is 0.933 bits per heavy atom. The molecular weight excluding hydrogens is 395 g/mol. The van der Waals surface area contributed by atoms with E-state index in [0.29, 0.717) is 36.4 Å². The quantitative estimate of drug-likeness (QED) is 0.514. The Morgan fingerprint density at radius 2 is 1.70 bits per heavy atom. The van der Waals surface area contributed by atoms with Gasteiger partial charge in [-0.15, -0.1) is 0 Å². The molecule has 0 aliphatic rings. The van der Waals surface area contributed by atoms with E-state index in [4.69, 9.17) is 4.74 Å². The molecule has 0 spiro atoms. The Kier molecular flexibility index (Phi) is 5.35. The normalized spacial score (nSPS) is 11.7. The fourth-order valence-corrected chi connectivity index (χ4v) is 3.11. The van der Waals surface area contributed by atoms with Gasteiger partial charge in [0.25, 0.3) is 0 Å². The fourth-order valence-electron chi connectivity index (χ4n) is 3.11. The number of aryl methyl sites for hydroxylation is 2. The van der Waals surface area contributed by atoms with Crippen molar-refractivity contribution in [2.24, 2.45) is 0 Å². The number of rotatable bonds is 6. The second-order valence-corrected chi connectivity index (χ2v) is 6.82. The summed E-state index contributed by atoms with van der Waals surface area (Å²) in [5.41, 5.74) is 2.60. The highest BCUT2D eigenvalue weighted by Crippen LogP contribution is 2.27. The highest BCUT2D eigenvalue weighted by atomic mass is 19.4. The molecule has 4 rings (SSSR count). The minimum atomic E-state index is -4.43. The SMILES string of the molecule is COc1cnc2[nH]cc(Cc3cnc(CCc4ccc(C(F)(F)F)nc4)nc3)c2c1. The molecule has 4 aromatic rings. The van der Waals surface area contributed by atoms with Gasteiger partial charge in [-0.25, -0.2) is 15.0 Å². The average molecular weight is 413 g/mol. The van der Waals surface area contributed by atoms with E-state index >= 15 is 0 Å². The van der Waals surface area contributed by atoms with Gasteiger partial charge < -0.3 is 9.72 Å². The van der Waals surface area contributed by atoms with Gasteiger partial charge in [0.1, 0.15) is 22.9 Å². The van der Waals surface area contributed by atoms with E-state index in [1.807, 2.05) is 12.3 Å². The summed E-state index contributed by atoms with van der Waals surface area (Å²) in [6.07, 6.45) is 5.58. The van der Waals surface area contributed by atoms with Crippen LogP contribution in [0.15, 0.2) is 49.2 Å². The van der Waals surface area contributed by atoms with Crippen LogP contribution in [0.3, 0.4) is 0 Å². The van der Waals surface area contributed by atoms with Crippen LogP contribution in [0.4, 0.5) is 13.2 Å². The predicted octanol–water partition coefficient (Wildman–Crippen LogP) is 4.15. The molecule has 0 amide bonds. The summed E-state index contributed by atoms with van der Waals surface area (Å²) < 4.78 is 43.0. The molecule has 4 aromatic heterocycles. The first-order valence-electron chi connectivity index (χ1n) is 9.24. The van der Waals surface area contributed by atoms with E-state index in [0.717, 1.165) is 28.2 Å². The van der Waals surface area contributed by atoms with E-state index < -0.39 is 11.9 Å². The van der Waals surface area contributed by atoms with Gasteiger partial charge in [0.15, 0.2) is 0 Å². The highest BCUT2D eigenvalue weighted by Gasteiger charge is 2.31. The third kappa shape index (κ3) is 4.40. The lowest BCUT2D eigenvalue weighted by Crippen LogP contribution is -2.08. The maximum Gasteiger partial charge on any atom is 0.433 e. The second kappa shape index (κ2) is 8.10. The lowest BCUT2D eigenvalue weighted by Gasteiger charge is -2.06. The number of methoxy groups -OCH3 is 1. The summed E-state index contributed by atoms with van der Waals surface area (Å²) in [5, 5.41) is 0.980. The van der Waals surface area contributed by atoms with Crippen LogP contribution in [0.2, 0.25) is 0 Å². The van der Waals surface area contributed by atoms with Crippen LogP contribution in [-0.4, -0.2) is 32.0 Å². The maximum absolute atomic E-state index is 12.6. The first-order chi connectivity index (χ1) is 14.4. The Hall–Kier alpha value is -3.49. The van der Waals surface area contributed by atoms with E-state index in [2.05, 4.69) is 24.9 Å². The molecule has 6 nitrogen and oxygen atoms in total. The summed E-state index contributed by atoms with van der Waals surface area (Å²) in [5.74, 6) is 1.31. The number of nitrogens with zero attached hydrogens (tertiary/aromatic N) is 4. The summed E-state index contributed by atoms with van der Waals surface area (Å²) in [6, 6.07) is 4.36. The molecule has 9 heteroatoms. The Morgan fingerprint density at radius 3 is 2.37 bits per heavy atom. The van der Waals surface area contributed by atoms with Gasteiger partial charge in [0.05, 0.1) is 13.3 Å². The molecule has 0 fully saturated rings. The van der Waals surface area contributed by atoms with Gasteiger partial charge in [-0.05, 0) is 35.2 Å². The molecule has 30 heavy (non-hydrogen) atoms. The Labute approximate surface area is 170 Å². The molecule has 1 N–H and O–H groups in total. The van der Waals surface area contributed by atoms with Crippen LogP contribution in [0.1, 0.15) is 28.2 Å². The number of nitrogens with one attached hydrogen (secondary N) is 1. The van der Waals surface area contributed by atoms with Crippen molar-refractivity contribution in [2.45, 2.75) is 25.4 Å². The number of ether oxygens (including phenoxy) is 1. The Bertz CT molecular complexity index is 1140. The maximum atomic E-state index is 12.6. The second-order valence-electron chi connectivity index (χ2n) is 6.82. The molecular formula is C21H18F3N5O. The average Bonchev–Trinajstić information content (AvgIpc) is 3.15. The molecule has 0 radical (unpaired) electrons. The van der Waals surface area contributed by atoms with Gasteiger partial charge >= 0.3 is 6.18 Å². The zero-order valence-corrected chi connectivity index (χ0v) is 16.1. The number of pyridine rings is 2. The van der Waals surface area contributed by atoms with Crippen LogP contribution < -0.4 is 4.74 Å². The zero-order valence-electron chi connectivity index (χ0n) is 16.1. The highest BCUT2D eigenvalue weighted by molar-refractivity contribution is 5.81. The molecule has 154 valence electrons. The fraction of sp³-hybridized carbons (Fsp3) is 0.238. The lowest BCUT2D eigenvalue weighted by molar-refractivity contribution is -0.141. The smallest absolute Gasteiger partial charge is 0.433 e. The molecule has 0 saturated carbocycles. The van der Waals surface area contributed by atoms with Crippen LogP contribution in [0, 0.1) is 0 Å². The predicted molar refractivity (Wildman–Crippen MR) is 104 cm³/mol. The number of hydrogen-bond acceptors (Lipinski definition) is 5. The molecule has 0 saturated heterocycles. The van der Waals surface area contributed by atoms with Gasteiger partial charge in [-0.3, -0.25) is 4.98 Å². The number of aromatic nitrogens is 5. The Balaban J connectivity index is 1.40. The molecule has 0 unspecified atom stereocenters. The third-order valence-corrected chi connectivity index (χ3v) is 4.73. The van der Waals surface area contributed by atoms with Crippen molar-refractivity contribution in [1.29, 1.82) is 0 Å². The molecule has 4 heterocycles. The first kappa shape index (κ1) is 19.8. The van der Waals surface area contributed by atoms with Crippen molar-refractivity contribution in [2.75, 3.05) is 7.11 Å². The third-order valence-electron chi connectivity index (χ3n) is 4.73. The number of halogens is 3. The van der Waals surface area contributed by atoms with E-state index in [1.54, 1.807) is 25.7 Å². The minimum Gasteiger partial charge on any atom is -0.495 e. The molecule has 0 aliphatic heterocycles. The van der Waals surface area contributed by atoms with E-state index in [-0.39, 0.29) is 0 Å². The number of fused-ring (bicyclic) bond motifs is 1. The topological polar surface area (TPSA) is 76.6 Å². The monoisotopic (exact) mass is 413 g/mol. The lowest BCUT2D eigenvalue weighted by atomic mass is 10.1. The van der Waals surface area contributed by atoms with Crippen LogP contribution >= 0.6 is 0 Å². The van der Waals surface area contributed by atoms with Crippen LogP contribution in [0.25, 0.3) is 11.0 Å². The first-order valence-corrected chi connectivity index (χ1v) is 9.24. The van der Waals surface area contributed by atoms with Crippen molar-refractivity contribution in [3.05, 3.63) is 77.4 Å². The van der Waals surface area contributed by atoms with Crippen molar-refractivity contribution < 1.29 is 17.9 Å². The van der Waals surface area contributed by atoms with E-state index in [1.165, 1.54) is 12.3 Å². The van der Waals surface area contributed by atoms with Crippen molar-refractivity contribution in [3.63, 3.8) is 0 Å². The molecule has 0 bridgehead atoms. The van der Waals surface area contributed by atoms with Crippen molar-refractivity contribution >= 4 is 11.0 Å². The number of H-pyrrole nitrogens is 1. The minimum absolute atomic E-state index is 0.512. The molecule has 0 aliphatic carbocycles. The number of alkyl halides is 3. The van der Waals surface area contributed by atoms with Crippen LogP contribution in [0.5, 0.6) is 5.75 Å². The van der Waals surface area contributed by atoms with Gasteiger partial charge in [-0.1, -0.05) is 6.07 Å². The summed E-state index contributed by atoms with van der Waals surface area (Å²) in [4.78, 5) is 19.7. The van der Waals surface area contributed by atoms with Gasteiger partial charge in [-0.2, -0.15) is 13.2 Å². The van der Waals surface area contributed by atoms with Gasteiger partial charge in [0.2, 0.25) is 0 Å². The standard InChI is InChI=1S/C21H18F3N5O/c1-30-16-7-17-15(11-28-20(17)29-12-16)6-14-9-26-19(27-10-14)5-3-13-2-4-18(25-8-13)21(22,23)24/h2,4,7-12H,3,5-6H2,1H3,(H,28,29). The summed E-state index contributed by atoms with van der Waals surface area (Å²) in [6.45, 7) is 0. The van der Waals surface area contributed by atoms with E-state index in [9.17, 15) is 13.2 Å². The largest absolute Gasteiger partial charge is 0.495 e. The summed E-state index contributed by atoms with van der Waals surface area (Å²) in [7, 11) is 1.60. The van der Waals surface area contributed by atoms with Crippen molar-refractivity contribution in [1.82, 2.24) is 24.9 Å².